The second-order valence-corrected chi connectivity index (χ2v) is 11.1. The molecule has 0 atom stereocenters. The van der Waals surface area contributed by atoms with Gasteiger partial charge in [0, 0.05) is 17.3 Å². The molecule has 0 aliphatic rings. The highest BCUT2D eigenvalue weighted by molar-refractivity contribution is 7.15. The third kappa shape index (κ3) is 5.84. The van der Waals surface area contributed by atoms with Crippen LogP contribution in [-0.2, 0) is 0 Å². The number of methoxy groups -OCH3 is 2. The number of para-hydroxylation sites is 1. The highest BCUT2D eigenvalue weighted by atomic mass is 32.1. The summed E-state index contributed by atoms with van der Waals surface area (Å²) in [7, 11) is 3.27. The zero-order valence-corrected chi connectivity index (χ0v) is 25.7. The minimum atomic E-state index is -0.236. The number of fused-ring (bicyclic) bond motifs is 1. The smallest absolute Gasteiger partial charge is 0.291 e. The van der Waals surface area contributed by atoms with E-state index in [0.29, 0.717) is 33.4 Å². The molecule has 9 nitrogen and oxygen atoms in total. The molecular formula is C34H31N5O4S. The highest BCUT2D eigenvalue weighted by Gasteiger charge is 2.15. The van der Waals surface area contributed by atoms with E-state index in [0.717, 1.165) is 45.8 Å². The van der Waals surface area contributed by atoms with Crippen LogP contribution in [0.15, 0.2) is 77.7 Å². The maximum absolute atomic E-state index is 13.4. The van der Waals surface area contributed by atoms with Gasteiger partial charge in [0.2, 0.25) is 4.96 Å². The molecule has 0 saturated carbocycles. The second-order valence-electron chi connectivity index (χ2n) is 10.1. The number of aromatic nitrogens is 5. The predicted molar refractivity (Wildman–Crippen MR) is 174 cm³/mol. The van der Waals surface area contributed by atoms with Crippen LogP contribution in [-0.4, -0.2) is 45.2 Å². The standard InChI is InChI=1S/C34H31N5O4S/c1-5-17-43-28-14-11-23(19-29(28)42-4)12-16-31-35-34-39(36-31)33(40)30(44-34)20-25-21-38(26-9-7-6-8-10-26)37-32(25)24-13-15-27(41-3)22(2)18-24/h6-16,18-21H,5,17H2,1-4H3/b16-12+,30-20-. The number of rotatable bonds is 10. The predicted octanol–water partition coefficient (Wildman–Crippen LogP) is 5.84. The van der Waals surface area contributed by atoms with Gasteiger partial charge < -0.3 is 14.2 Å². The van der Waals surface area contributed by atoms with E-state index in [4.69, 9.17) is 19.3 Å². The molecule has 10 heteroatoms. The van der Waals surface area contributed by atoms with Gasteiger partial charge in [-0.2, -0.15) is 14.6 Å². The molecule has 0 bridgehead atoms. The van der Waals surface area contributed by atoms with Crippen molar-refractivity contribution in [2.45, 2.75) is 20.3 Å². The molecule has 0 N–H and O–H groups in total. The lowest BCUT2D eigenvalue weighted by Crippen LogP contribution is -2.23. The Morgan fingerprint density at radius 2 is 1.70 bits per heavy atom. The summed E-state index contributed by atoms with van der Waals surface area (Å²) in [5.74, 6) is 2.60. The Labute approximate surface area is 258 Å². The van der Waals surface area contributed by atoms with Crippen LogP contribution in [0.4, 0.5) is 0 Å². The van der Waals surface area contributed by atoms with Crippen molar-refractivity contribution in [3.63, 3.8) is 0 Å². The number of aryl methyl sites for hydroxylation is 1. The first-order chi connectivity index (χ1) is 21.5. The molecule has 3 aromatic heterocycles. The fourth-order valence-corrected chi connectivity index (χ4v) is 5.71. The van der Waals surface area contributed by atoms with Crippen LogP contribution in [0, 0.1) is 6.92 Å². The monoisotopic (exact) mass is 605 g/mol. The van der Waals surface area contributed by atoms with Crippen LogP contribution in [0.25, 0.3) is 40.1 Å². The Morgan fingerprint density at radius 3 is 2.43 bits per heavy atom. The summed E-state index contributed by atoms with van der Waals surface area (Å²) in [5, 5.41) is 9.36. The third-order valence-corrected chi connectivity index (χ3v) is 7.95. The van der Waals surface area contributed by atoms with Crippen molar-refractivity contribution in [3.05, 3.63) is 110 Å². The molecule has 0 amide bonds. The van der Waals surface area contributed by atoms with Crippen molar-refractivity contribution in [2.75, 3.05) is 20.8 Å². The number of benzene rings is 3. The highest BCUT2D eigenvalue weighted by Crippen LogP contribution is 2.30. The van der Waals surface area contributed by atoms with Gasteiger partial charge >= 0.3 is 0 Å². The zero-order valence-electron chi connectivity index (χ0n) is 24.9. The summed E-state index contributed by atoms with van der Waals surface area (Å²) < 4.78 is 20.4. The molecule has 3 aromatic carbocycles. The lowest BCUT2D eigenvalue weighted by atomic mass is 10.0. The number of hydrogen-bond donors (Lipinski definition) is 0. The van der Waals surface area contributed by atoms with Gasteiger partial charge in [0.1, 0.15) is 11.4 Å². The molecular weight excluding hydrogens is 574 g/mol. The van der Waals surface area contributed by atoms with Crippen LogP contribution < -0.4 is 24.3 Å². The number of thiazole rings is 1. The van der Waals surface area contributed by atoms with E-state index in [9.17, 15) is 4.79 Å². The quantitative estimate of drug-likeness (QED) is 0.194. The Kier molecular flexibility index (Phi) is 8.25. The largest absolute Gasteiger partial charge is 0.496 e. The van der Waals surface area contributed by atoms with Gasteiger partial charge in [-0.1, -0.05) is 48.6 Å². The maximum Gasteiger partial charge on any atom is 0.291 e. The molecule has 0 fully saturated rings. The third-order valence-electron chi connectivity index (χ3n) is 6.99. The molecule has 222 valence electrons. The Bertz CT molecular complexity index is 2080. The lowest BCUT2D eigenvalue weighted by molar-refractivity contribution is 0.294. The van der Waals surface area contributed by atoms with Crippen molar-refractivity contribution < 1.29 is 14.2 Å². The molecule has 6 aromatic rings. The Balaban J connectivity index is 1.34. The topological polar surface area (TPSA) is 92.8 Å². The number of nitrogens with zero attached hydrogens (tertiary/aromatic N) is 5. The first kappa shape index (κ1) is 28.9. The summed E-state index contributed by atoms with van der Waals surface area (Å²) in [4.78, 5) is 18.5. The van der Waals surface area contributed by atoms with Crippen LogP contribution in [0.2, 0.25) is 0 Å². The van der Waals surface area contributed by atoms with Gasteiger partial charge in [0.15, 0.2) is 17.3 Å². The summed E-state index contributed by atoms with van der Waals surface area (Å²) in [6, 6.07) is 21.5. The van der Waals surface area contributed by atoms with Crippen molar-refractivity contribution in [2.24, 2.45) is 0 Å². The van der Waals surface area contributed by atoms with Crippen LogP contribution in [0.3, 0.4) is 0 Å². The molecule has 44 heavy (non-hydrogen) atoms. The molecule has 0 saturated heterocycles. The SMILES string of the molecule is CCCOc1ccc(/C=C/c2nc3s/c(=C\c4cn(-c5ccccc5)nc4-c4ccc(OC)c(C)c4)c(=O)n3n2)cc1OC. The fraction of sp³-hybridized carbons (Fsp3) is 0.176. The molecule has 0 aliphatic carbocycles. The summed E-state index contributed by atoms with van der Waals surface area (Å²) in [5.41, 5.74) is 5.06. The van der Waals surface area contributed by atoms with Crippen molar-refractivity contribution in [1.82, 2.24) is 24.4 Å². The normalized spacial score (nSPS) is 12.0. The molecule has 3 heterocycles. The minimum absolute atomic E-state index is 0.236. The first-order valence-corrected chi connectivity index (χ1v) is 15.0. The minimum Gasteiger partial charge on any atom is -0.496 e. The Hall–Kier alpha value is -5.22. The molecule has 0 radical (unpaired) electrons. The average Bonchev–Trinajstić information content (AvgIpc) is 3.74. The summed E-state index contributed by atoms with van der Waals surface area (Å²) >= 11 is 1.29. The average molecular weight is 606 g/mol. The van der Waals surface area contributed by atoms with Crippen LogP contribution in [0.5, 0.6) is 17.2 Å². The van der Waals surface area contributed by atoms with Gasteiger partial charge in [-0.15, -0.1) is 5.10 Å². The van der Waals surface area contributed by atoms with E-state index in [1.807, 2.05) is 96.7 Å². The number of ether oxygens (including phenoxy) is 3. The fourth-order valence-electron chi connectivity index (χ4n) is 4.81. The van der Waals surface area contributed by atoms with Crippen molar-refractivity contribution in [1.29, 1.82) is 0 Å². The van der Waals surface area contributed by atoms with Gasteiger partial charge in [-0.3, -0.25) is 4.79 Å². The van der Waals surface area contributed by atoms with E-state index in [1.165, 1.54) is 15.9 Å². The maximum atomic E-state index is 13.4. The summed E-state index contributed by atoms with van der Waals surface area (Å²) in [6.07, 6.45) is 8.35. The lowest BCUT2D eigenvalue weighted by Gasteiger charge is -2.10. The van der Waals surface area contributed by atoms with Gasteiger partial charge in [-0.05, 0) is 79.1 Å². The van der Waals surface area contributed by atoms with Crippen molar-refractivity contribution >= 4 is 34.5 Å². The Morgan fingerprint density at radius 1 is 0.909 bits per heavy atom. The second kappa shape index (κ2) is 12.6. The molecule has 0 aliphatic heterocycles. The van der Waals surface area contributed by atoms with E-state index in [1.54, 1.807) is 20.3 Å². The van der Waals surface area contributed by atoms with E-state index >= 15 is 0 Å². The van der Waals surface area contributed by atoms with Crippen molar-refractivity contribution in [3.8, 4) is 34.2 Å². The summed E-state index contributed by atoms with van der Waals surface area (Å²) in [6.45, 7) is 4.67. The van der Waals surface area contributed by atoms with E-state index in [2.05, 4.69) is 17.0 Å². The van der Waals surface area contributed by atoms with Crippen LogP contribution >= 0.6 is 11.3 Å². The number of hydrogen-bond acceptors (Lipinski definition) is 8. The molecule has 0 spiro atoms. The van der Waals surface area contributed by atoms with Crippen LogP contribution in [0.1, 0.15) is 35.9 Å². The van der Waals surface area contributed by atoms with E-state index in [-0.39, 0.29) is 5.56 Å². The van der Waals surface area contributed by atoms with E-state index < -0.39 is 0 Å². The molecule has 6 rings (SSSR count). The van der Waals surface area contributed by atoms with Gasteiger partial charge in [0.25, 0.3) is 5.56 Å². The van der Waals surface area contributed by atoms with Gasteiger partial charge in [0.05, 0.1) is 31.0 Å². The first-order valence-electron chi connectivity index (χ1n) is 14.2. The molecule has 0 unspecified atom stereocenters. The zero-order chi connectivity index (χ0) is 30.6. The van der Waals surface area contributed by atoms with Gasteiger partial charge in [-0.25, -0.2) is 4.68 Å².